The largest absolute Gasteiger partial charge is 0.497 e. The van der Waals surface area contributed by atoms with E-state index in [1.807, 2.05) is 59.8 Å². The van der Waals surface area contributed by atoms with Crippen LogP contribution in [0, 0.1) is 0 Å². The van der Waals surface area contributed by atoms with Gasteiger partial charge in [0.1, 0.15) is 11.6 Å². The summed E-state index contributed by atoms with van der Waals surface area (Å²) in [6, 6.07) is 8.13. The second-order valence-corrected chi connectivity index (χ2v) is 12.8. The van der Waals surface area contributed by atoms with Crippen molar-refractivity contribution < 1.29 is 23.3 Å². The minimum absolute atomic E-state index is 0.127. The Hall–Kier alpha value is -3.10. The van der Waals surface area contributed by atoms with Gasteiger partial charge in [-0.05, 0) is 95.7 Å². The highest BCUT2D eigenvalue weighted by molar-refractivity contribution is 7.65. The van der Waals surface area contributed by atoms with Gasteiger partial charge in [0, 0.05) is 40.0 Å². The van der Waals surface area contributed by atoms with Crippen LogP contribution >= 0.6 is 7.87 Å². The van der Waals surface area contributed by atoms with E-state index in [-0.39, 0.29) is 5.71 Å². The van der Waals surface area contributed by atoms with Crippen LogP contribution in [0.2, 0.25) is 0 Å². The van der Waals surface area contributed by atoms with E-state index in [9.17, 15) is 18.6 Å². The summed E-state index contributed by atoms with van der Waals surface area (Å²) in [7, 11) is 3.08. The molecule has 260 valence electrons. The zero-order valence-electron chi connectivity index (χ0n) is 30.7. The normalized spacial score (nSPS) is 13.5. The number of nitrogens with zero attached hydrogens (tertiary/aromatic N) is 4. The quantitative estimate of drug-likeness (QED) is 0.107. The standard InChI is InChI=1S/C19H33N3O2P.C9H12O.C5H9F2N.C3H6/c1-10-18(11-2)20-12-16(6)21-19(14(3)4)17(7)15(5)13-25(23,24)22(8)9;1-3-8-4-6-9(10-2)7-5-8;1-4(8-3)5(2,6)7;1-3-2/h10,12-13,23-24H,3,11H2,1-2,4-9H3;4-7H,3H2,1-2H3;1-3H3;3H,1H2,2H3/q+1;;;/b15-13+,18-10-,19-17+,20-12?,21-16?;;;. The van der Waals surface area contributed by atoms with E-state index in [4.69, 9.17) is 4.74 Å². The van der Waals surface area contributed by atoms with Crippen molar-refractivity contribution >= 4 is 25.5 Å². The monoisotopic (exact) mass is 665 g/mol. The van der Waals surface area contributed by atoms with Crippen LogP contribution in [-0.4, -0.2) is 66.3 Å². The minimum atomic E-state index is -3.24. The second kappa shape index (κ2) is 25.0. The smallest absolute Gasteiger partial charge is 0.371 e. The maximum Gasteiger partial charge on any atom is 0.371 e. The minimum Gasteiger partial charge on any atom is -0.497 e. The molecule has 0 aliphatic carbocycles. The van der Waals surface area contributed by atoms with Crippen molar-refractivity contribution in [2.24, 2.45) is 15.0 Å². The van der Waals surface area contributed by atoms with Gasteiger partial charge in [-0.3, -0.25) is 15.0 Å². The van der Waals surface area contributed by atoms with Crippen molar-refractivity contribution in [3.63, 3.8) is 0 Å². The molecular weight excluding hydrogens is 605 g/mol. The van der Waals surface area contributed by atoms with E-state index >= 15 is 0 Å². The Kier molecular flexibility index (Phi) is 25.8. The molecule has 1 aromatic rings. The lowest BCUT2D eigenvalue weighted by atomic mass is 10.1. The molecule has 1 aromatic carbocycles. The van der Waals surface area contributed by atoms with Gasteiger partial charge in [-0.15, -0.1) is 11.2 Å². The van der Waals surface area contributed by atoms with Gasteiger partial charge in [0.15, 0.2) is 0 Å². The zero-order valence-corrected chi connectivity index (χ0v) is 31.6. The molecule has 10 heteroatoms. The fourth-order valence-corrected chi connectivity index (χ4v) is 3.91. The van der Waals surface area contributed by atoms with E-state index in [1.165, 1.54) is 30.0 Å². The number of methoxy groups -OCH3 is 1. The van der Waals surface area contributed by atoms with Gasteiger partial charge < -0.3 is 4.74 Å². The Morgan fingerprint density at radius 3 is 1.85 bits per heavy atom. The van der Waals surface area contributed by atoms with E-state index in [0.29, 0.717) is 0 Å². The molecule has 0 heterocycles. The molecule has 0 atom stereocenters. The molecule has 7 nitrogen and oxygen atoms in total. The number of benzene rings is 1. The molecule has 0 amide bonds. The third-order valence-electron chi connectivity index (χ3n) is 6.25. The summed E-state index contributed by atoms with van der Waals surface area (Å²) in [5.74, 6) is -0.314. The van der Waals surface area contributed by atoms with Crippen molar-refractivity contribution in [2.75, 3.05) is 28.3 Å². The van der Waals surface area contributed by atoms with Crippen LogP contribution in [0.4, 0.5) is 8.78 Å². The average molecular weight is 666 g/mol. The van der Waals surface area contributed by atoms with E-state index in [2.05, 4.69) is 54.1 Å². The number of rotatable bonds is 11. The fourth-order valence-electron chi connectivity index (χ4n) is 2.97. The molecule has 0 radical (unpaired) electrons. The third kappa shape index (κ3) is 21.6. The predicted octanol–water partition coefficient (Wildman–Crippen LogP) is 10.1. The van der Waals surface area contributed by atoms with Crippen LogP contribution < -0.4 is 4.74 Å². The van der Waals surface area contributed by atoms with Crippen molar-refractivity contribution in [3.05, 3.63) is 89.1 Å². The number of hydrogen-bond acceptors (Lipinski definition) is 7. The van der Waals surface area contributed by atoms with Crippen molar-refractivity contribution in [1.29, 1.82) is 0 Å². The van der Waals surface area contributed by atoms with Crippen molar-refractivity contribution in [1.82, 2.24) is 4.67 Å². The van der Waals surface area contributed by atoms with Gasteiger partial charge in [-0.25, -0.2) is 8.78 Å². The van der Waals surface area contributed by atoms with Gasteiger partial charge >= 0.3 is 7.87 Å². The number of halogens is 2. The first-order chi connectivity index (χ1) is 21.2. The third-order valence-corrected chi connectivity index (χ3v) is 8.16. The van der Waals surface area contributed by atoms with Crippen LogP contribution in [0.3, 0.4) is 0 Å². The first-order valence-electron chi connectivity index (χ1n) is 15.1. The van der Waals surface area contributed by atoms with Crippen LogP contribution in [0.1, 0.15) is 81.2 Å². The molecule has 0 aliphatic heterocycles. The van der Waals surface area contributed by atoms with Crippen LogP contribution in [-0.2, 0) is 6.42 Å². The Morgan fingerprint density at radius 2 is 1.54 bits per heavy atom. The first kappa shape index (κ1) is 47.3. The SMILES string of the molecule is C=C(C)/C(N=C(C)C=N/C(=C\C)CC)=C(C)\C(C)=C\[P+](O)(O)N(C)C.C=CC.CCc1ccc(OC)cc1.CN=C(C)C(C)(F)F. The van der Waals surface area contributed by atoms with Gasteiger partial charge in [0.05, 0.1) is 24.2 Å². The highest BCUT2D eigenvalue weighted by Gasteiger charge is 2.34. The Labute approximate surface area is 279 Å². The Morgan fingerprint density at radius 1 is 1.04 bits per heavy atom. The average Bonchev–Trinajstić information content (AvgIpc) is 2.99. The summed E-state index contributed by atoms with van der Waals surface area (Å²) in [6.07, 6.45) is 7.42. The number of aliphatic imine (C=N–C) groups is 3. The molecule has 1 rings (SSSR count). The molecule has 0 fully saturated rings. The van der Waals surface area contributed by atoms with E-state index in [1.54, 1.807) is 33.5 Å². The molecule has 0 saturated carbocycles. The van der Waals surface area contributed by atoms with Crippen LogP contribution in [0.25, 0.3) is 0 Å². The van der Waals surface area contributed by atoms with Gasteiger partial charge in [0.2, 0.25) is 0 Å². The van der Waals surface area contributed by atoms with Crippen LogP contribution in [0.5, 0.6) is 5.75 Å². The molecule has 0 unspecified atom stereocenters. The van der Waals surface area contributed by atoms with Gasteiger partial charge in [0.25, 0.3) is 5.92 Å². The molecule has 0 bridgehead atoms. The highest BCUT2D eigenvalue weighted by atomic mass is 31.2. The number of aryl methyl sites for hydroxylation is 1. The number of allylic oxidation sites excluding steroid dienone is 6. The zero-order chi connectivity index (χ0) is 36.7. The Bertz CT molecular complexity index is 1220. The first-order valence-corrected chi connectivity index (χ1v) is 16.8. The molecular formula is C36H60F2N4O3P+. The summed E-state index contributed by atoms with van der Waals surface area (Å²) < 4.78 is 30.4. The second-order valence-electron chi connectivity index (χ2n) is 10.5. The molecule has 2 N–H and O–H groups in total. The molecule has 0 aliphatic rings. The highest BCUT2D eigenvalue weighted by Crippen LogP contribution is 2.54. The molecule has 0 saturated heterocycles. The Balaban J connectivity index is -0.000000710. The maximum absolute atomic E-state index is 12.0. The summed E-state index contributed by atoms with van der Waals surface area (Å²) in [6.45, 7) is 25.1. The van der Waals surface area contributed by atoms with Gasteiger partial charge in [-0.1, -0.05) is 44.7 Å². The van der Waals surface area contributed by atoms with Gasteiger partial charge in [-0.2, -0.15) is 9.79 Å². The summed E-state index contributed by atoms with van der Waals surface area (Å²) in [4.78, 5) is 32.6. The van der Waals surface area contributed by atoms with E-state index < -0.39 is 13.8 Å². The lowest BCUT2D eigenvalue weighted by Gasteiger charge is -2.16. The molecule has 0 spiro atoms. The number of hydrogen-bond donors (Lipinski definition) is 2. The van der Waals surface area contributed by atoms with Crippen LogP contribution in [0.15, 0.2) is 98.5 Å². The molecule has 0 aromatic heterocycles. The summed E-state index contributed by atoms with van der Waals surface area (Å²) >= 11 is 0. The van der Waals surface area contributed by atoms with E-state index in [0.717, 1.165) is 59.3 Å². The lowest BCUT2D eigenvalue weighted by Crippen LogP contribution is -2.20. The fraction of sp³-hybridized carbons (Fsp3) is 0.472. The number of ether oxygens (including phenoxy) is 1. The topological polar surface area (TPSA) is 90.0 Å². The summed E-state index contributed by atoms with van der Waals surface area (Å²) in [5.41, 5.74) is 6.15. The van der Waals surface area contributed by atoms with Crippen molar-refractivity contribution in [2.45, 2.75) is 88.0 Å². The maximum atomic E-state index is 12.0. The lowest BCUT2D eigenvalue weighted by molar-refractivity contribution is 0.0997. The summed E-state index contributed by atoms with van der Waals surface area (Å²) in [5, 5.41) is 0. The molecule has 46 heavy (non-hydrogen) atoms. The van der Waals surface area contributed by atoms with Crippen molar-refractivity contribution in [3.8, 4) is 5.75 Å². The predicted molar refractivity (Wildman–Crippen MR) is 200 cm³/mol. The number of alkyl halides is 2.